The van der Waals surface area contributed by atoms with E-state index < -0.39 is 0 Å². The molecule has 0 aromatic carbocycles. The van der Waals surface area contributed by atoms with E-state index in [0.29, 0.717) is 15.5 Å². The molecule has 0 spiro atoms. The van der Waals surface area contributed by atoms with Gasteiger partial charge in [-0.3, -0.25) is 0 Å². The van der Waals surface area contributed by atoms with E-state index in [0.717, 1.165) is 0 Å². The topological polar surface area (TPSA) is 80.5 Å². The van der Waals surface area contributed by atoms with Crippen molar-refractivity contribution in [2.24, 2.45) is 0 Å². The Bertz CT molecular complexity index is 341. The van der Waals surface area contributed by atoms with Crippen molar-refractivity contribution in [2.75, 3.05) is 0 Å². The molecule has 2 heterocycles. The Balaban J connectivity index is 2.45. The van der Waals surface area contributed by atoms with Gasteiger partial charge in [0.1, 0.15) is 0 Å². The smallest absolute Gasteiger partial charge is 0.278 e. The van der Waals surface area contributed by atoms with Crippen molar-refractivity contribution in [3.05, 3.63) is 10.1 Å². The molecule has 2 aromatic rings. The van der Waals surface area contributed by atoms with Gasteiger partial charge < -0.3 is 4.42 Å². The molecule has 0 unspecified atom stereocenters. The van der Waals surface area contributed by atoms with Crippen LogP contribution in [0.2, 0.25) is 0 Å². The monoisotopic (exact) mass is 263 g/mol. The second-order valence-electron chi connectivity index (χ2n) is 1.72. The van der Waals surface area contributed by atoms with Crippen LogP contribution in [-0.2, 0) is 0 Å². The third-order valence-corrected chi connectivity index (χ3v) is 1.47. The SMILES string of the molecule is Ic1nnc(-c2cn[nH]n2)o1. The zero-order valence-electron chi connectivity index (χ0n) is 5.15. The number of nitrogens with zero attached hydrogens (tertiary/aromatic N) is 4. The highest BCUT2D eigenvalue weighted by Gasteiger charge is 2.07. The van der Waals surface area contributed by atoms with Crippen molar-refractivity contribution in [3.8, 4) is 11.6 Å². The predicted octanol–water partition coefficient (Wildman–Crippen LogP) is 0.459. The fourth-order valence-corrected chi connectivity index (χ4v) is 0.930. The number of aromatic nitrogens is 5. The lowest BCUT2D eigenvalue weighted by Gasteiger charge is -1.79. The summed E-state index contributed by atoms with van der Waals surface area (Å²) in [6.07, 6.45) is 1.52. The summed E-state index contributed by atoms with van der Waals surface area (Å²) in [6.45, 7) is 0. The molecule has 2 aromatic heterocycles. The van der Waals surface area contributed by atoms with Crippen LogP contribution in [0.15, 0.2) is 10.6 Å². The molecule has 0 aliphatic rings. The van der Waals surface area contributed by atoms with Gasteiger partial charge in [0.15, 0.2) is 5.69 Å². The second kappa shape index (κ2) is 2.57. The van der Waals surface area contributed by atoms with Crippen LogP contribution in [0, 0.1) is 3.90 Å². The van der Waals surface area contributed by atoms with Gasteiger partial charge >= 0.3 is 0 Å². The summed E-state index contributed by atoms with van der Waals surface area (Å²) in [7, 11) is 0. The first-order chi connectivity index (χ1) is 5.36. The zero-order valence-corrected chi connectivity index (χ0v) is 7.31. The lowest BCUT2D eigenvalue weighted by Crippen LogP contribution is -1.76. The molecule has 0 saturated carbocycles. The number of H-pyrrole nitrogens is 1. The number of hydrogen-bond donors (Lipinski definition) is 1. The van der Waals surface area contributed by atoms with Crippen LogP contribution in [0.25, 0.3) is 11.6 Å². The zero-order chi connectivity index (χ0) is 7.68. The molecule has 0 aliphatic carbocycles. The second-order valence-corrected chi connectivity index (χ2v) is 2.64. The summed E-state index contributed by atoms with van der Waals surface area (Å²) in [5.41, 5.74) is 0.556. The maximum absolute atomic E-state index is 5.07. The van der Waals surface area contributed by atoms with Gasteiger partial charge in [-0.25, -0.2) is 0 Å². The van der Waals surface area contributed by atoms with Crippen LogP contribution < -0.4 is 0 Å². The van der Waals surface area contributed by atoms with Crippen molar-refractivity contribution in [2.45, 2.75) is 0 Å². The molecule has 6 nitrogen and oxygen atoms in total. The molecule has 7 heteroatoms. The van der Waals surface area contributed by atoms with E-state index in [1.54, 1.807) is 0 Å². The molecular formula is C4H2IN5O. The normalized spacial score (nSPS) is 10.3. The van der Waals surface area contributed by atoms with E-state index in [1.165, 1.54) is 6.20 Å². The number of aromatic amines is 1. The molecular weight excluding hydrogens is 261 g/mol. The van der Waals surface area contributed by atoms with E-state index in [-0.39, 0.29) is 0 Å². The minimum Gasteiger partial charge on any atom is -0.410 e. The number of nitrogens with one attached hydrogen (secondary N) is 1. The maximum Gasteiger partial charge on any atom is 0.278 e. The summed E-state index contributed by atoms with van der Waals surface area (Å²) >= 11 is 1.93. The Morgan fingerprint density at radius 1 is 1.45 bits per heavy atom. The summed E-state index contributed by atoms with van der Waals surface area (Å²) < 4.78 is 5.56. The highest BCUT2D eigenvalue weighted by molar-refractivity contribution is 14.1. The van der Waals surface area contributed by atoms with Gasteiger partial charge in [0.2, 0.25) is 0 Å². The third-order valence-electron chi connectivity index (χ3n) is 1.03. The van der Waals surface area contributed by atoms with Crippen molar-refractivity contribution in [3.63, 3.8) is 0 Å². The average molecular weight is 263 g/mol. The van der Waals surface area contributed by atoms with E-state index in [9.17, 15) is 0 Å². The van der Waals surface area contributed by atoms with Gasteiger partial charge in [-0.1, -0.05) is 0 Å². The summed E-state index contributed by atoms with van der Waals surface area (Å²) in [5.74, 6) is 0.378. The average Bonchev–Trinajstić information content (AvgIpc) is 2.55. The quantitative estimate of drug-likeness (QED) is 0.756. The molecule has 0 amide bonds. The van der Waals surface area contributed by atoms with Crippen LogP contribution >= 0.6 is 22.6 Å². The third kappa shape index (κ3) is 1.23. The molecule has 11 heavy (non-hydrogen) atoms. The molecule has 1 N–H and O–H groups in total. The molecule has 0 atom stereocenters. The first-order valence-electron chi connectivity index (χ1n) is 2.71. The summed E-state index contributed by atoms with van der Waals surface area (Å²) in [4.78, 5) is 0. The predicted molar refractivity (Wildman–Crippen MR) is 42.4 cm³/mol. The summed E-state index contributed by atoms with van der Waals surface area (Å²) in [5, 5.41) is 17.2. The molecule has 0 aliphatic heterocycles. The Morgan fingerprint density at radius 3 is 2.91 bits per heavy atom. The first kappa shape index (κ1) is 6.70. The Labute approximate surface area is 74.5 Å². The van der Waals surface area contributed by atoms with Crippen LogP contribution in [-0.4, -0.2) is 25.6 Å². The standard InChI is InChI=1S/C4H2IN5O/c5-4-9-8-3(11-4)2-1-6-10-7-2/h1H,(H,6,7,10). The minimum absolute atomic E-state index is 0.378. The molecule has 56 valence electrons. The Kier molecular flexibility index (Phi) is 1.56. The minimum atomic E-state index is 0.378. The molecule has 2 rings (SSSR count). The molecule has 0 radical (unpaired) electrons. The van der Waals surface area contributed by atoms with E-state index >= 15 is 0 Å². The van der Waals surface area contributed by atoms with Gasteiger partial charge in [0.25, 0.3) is 9.79 Å². The lowest BCUT2D eigenvalue weighted by atomic mass is 10.5. The maximum atomic E-state index is 5.07. The summed E-state index contributed by atoms with van der Waals surface area (Å²) in [6, 6.07) is 0. The van der Waals surface area contributed by atoms with Crippen LogP contribution in [0.5, 0.6) is 0 Å². The van der Waals surface area contributed by atoms with Crippen molar-refractivity contribution in [1.82, 2.24) is 25.6 Å². The van der Waals surface area contributed by atoms with E-state index in [2.05, 4.69) is 25.6 Å². The van der Waals surface area contributed by atoms with Gasteiger partial charge in [-0.05, 0) is 0 Å². The van der Waals surface area contributed by atoms with Crippen molar-refractivity contribution in [1.29, 1.82) is 0 Å². The number of halogens is 1. The van der Waals surface area contributed by atoms with E-state index in [1.807, 2.05) is 22.6 Å². The largest absolute Gasteiger partial charge is 0.410 e. The van der Waals surface area contributed by atoms with Gasteiger partial charge in [0, 0.05) is 22.6 Å². The van der Waals surface area contributed by atoms with E-state index in [4.69, 9.17) is 4.42 Å². The highest BCUT2D eigenvalue weighted by Crippen LogP contribution is 2.13. The fraction of sp³-hybridized carbons (Fsp3) is 0. The lowest BCUT2D eigenvalue weighted by molar-refractivity contribution is 0.535. The number of hydrogen-bond acceptors (Lipinski definition) is 5. The van der Waals surface area contributed by atoms with Crippen molar-refractivity contribution >= 4 is 22.6 Å². The molecule has 0 saturated heterocycles. The Hall–Kier alpha value is -0.990. The van der Waals surface area contributed by atoms with Crippen LogP contribution in [0.4, 0.5) is 0 Å². The van der Waals surface area contributed by atoms with Crippen molar-refractivity contribution < 1.29 is 4.42 Å². The van der Waals surface area contributed by atoms with Crippen LogP contribution in [0.1, 0.15) is 0 Å². The van der Waals surface area contributed by atoms with Gasteiger partial charge in [0.05, 0.1) is 6.20 Å². The first-order valence-corrected chi connectivity index (χ1v) is 3.79. The fourth-order valence-electron chi connectivity index (χ4n) is 0.613. The van der Waals surface area contributed by atoms with Crippen LogP contribution in [0.3, 0.4) is 0 Å². The highest BCUT2D eigenvalue weighted by atomic mass is 127. The molecule has 0 fully saturated rings. The molecule has 0 bridgehead atoms. The Morgan fingerprint density at radius 2 is 2.36 bits per heavy atom. The van der Waals surface area contributed by atoms with Gasteiger partial charge in [-0.15, -0.1) is 10.2 Å². The van der Waals surface area contributed by atoms with Gasteiger partial charge in [-0.2, -0.15) is 15.4 Å². The number of rotatable bonds is 1.